The van der Waals surface area contributed by atoms with Crippen LogP contribution in [-0.4, -0.2) is 30.6 Å². The molecular formula is C20H26ClNO4. The molecule has 0 aromatic heterocycles. The second-order valence-corrected chi connectivity index (χ2v) is 5.89. The number of benzene rings is 2. The van der Waals surface area contributed by atoms with E-state index in [4.69, 9.17) is 21.1 Å². The second-order valence-electron chi connectivity index (χ2n) is 5.24. The van der Waals surface area contributed by atoms with Crippen molar-refractivity contribution < 1.29 is 19.4 Å². The third-order valence-electron chi connectivity index (χ3n) is 3.57. The number of anilines is 1. The van der Waals surface area contributed by atoms with Gasteiger partial charge in [-0.3, -0.25) is 4.79 Å². The van der Waals surface area contributed by atoms with Crippen molar-refractivity contribution in [2.75, 3.05) is 19.1 Å². The van der Waals surface area contributed by atoms with Crippen molar-refractivity contribution in [1.29, 1.82) is 0 Å². The van der Waals surface area contributed by atoms with Crippen molar-refractivity contribution in [3.05, 3.63) is 48.0 Å². The molecule has 1 N–H and O–H groups in total. The molecule has 26 heavy (non-hydrogen) atoms. The van der Waals surface area contributed by atoms with E-state index < -0.39 is 5.38 Å². The van der Waals surface area contributed by atoms with E-state index in [0.717, 1.165) is 5.56 Å². The number of alkyl halides is 1. The minimum Gasteiger partial charge on any atom is -0.508 e. The van der Waals surface area contributed by atoms with E-state index in [1.165, 1.54) is 11.0 Å². The van der Waals surface area contributed by atoms with Crippen LogP contribution in [0.4, 0.5) is 5.69 Å². The summed E-state index contributed by atoms with van der Waals surface area (Å²) in [6, 6.07) is 11.9. The third kappa shape index (κ3) is 5.56. The van der Waals surface area contributed by atoms with Crippen molar-refractivity contribution in [3.63, 3.8) is 0 Å². The molecule has 0 heterocycles. The fraction of sp³-hybridized carbons (Fsp3) is 0.350. The van der Waals surface area contributed by atoms with E-state index >= 15 is 0 Å². The van der Waals surface area contributed by atoms with Gasteiger partial charge in [-0.2, -0.15) is 0 Å². The largest absolute Gasteiger partial charge is 0.508 e. The molecule has 2 aromatic rings. The molecule has 142 valence electrons. The van der Waals surface area contributed by atoms with Crippen LogP contribution in [0.1, 0.15) is 26.3 Å². The molecule has 0 spiro atoms. The summed E-state index contributed by atoms with van der Waals surface area (Å²) in [5, 5.41) is 9.01. The first-order valence-corrected chi connectivity index (χ1v) is 8.85. The highest BCUT2D eigenvalue weighted by Gasteiger charge is 2.22. The molecule has 2 aromatic carbocycles. The van der Waals surface area contributed by atoms with E-state index in [0.29, 0.717) is 17.2 Å². The number of rotatable bonds is 6. The highest BCUT2D eigenvalue weighted by atomic mass is 35.5. The normalized spacial score (nSPS) is 11.0. The van der Waals surface area contributed by atoms with Crippen molar-refractivity contribution >= 4 is 23.2 Å². The number of aromatic hydroxyl groups is 1. The van der Waals surface area contributed by atoms with Crippen LogP contribution < -0.4 is 14.4 Å². The van der Waals surface area contributed by atoms with E-state index in [9.17, 15) is 9.90 Å². The summed E-state index contributed by atoms with van der Waals surface area (Å²) < 4.78 is 10.6. The van der Waals surface area contributed by atoms with Crippen LogP contribution in [-0.2, 0) is 11.3 Å². The number of nitrogens with zero attached hydrogens (tertiary/aromatic N) is 1. The predicted octanol–water partition coefficient (Wildman–Crippen LogP) is 4.60. The van der Waals surface area contributed by atoms with Gasteiger partial charge in [0.2, 0.25) is 5.91 Å². The van der Waals surface area contributed by atoms with Gasteiger partial charge in [0.25, 0.3) is 0 Å². The molecule has 0 fully saturated rings. The first kappa shape index (κ1) is 21.6. The lowest BCUT2D eigenvalue weighted by Crippen LogP contribution is -2.35. The van der Waals surface area contributed by atoms with Gasteiger partial charge >= 0.3 is 0 Å². The molecule has 0 saturated heterocycles. The lowest BCUT2D eigenvalue weighted by Gasteiger charge is -2.25. The number of methoxy groups -OCH3 is 2. The Bertz CT molecular complexity index is 719. The highest BCUT2D eigenvalue weighted by Crippen LogP contribution is 2.29. The van der Waals surface area contributed by atoms with E-state index in [2.05, 4.69) is 0 Å². The molecule has 6 heteroatoms. The standard InChI is InChI=1S/C18H20ClNO4.C2H6/c1-12(19)18(22)20(14-5-4-6-15(21)9-14)11-13-7-8-16(23-2)10-17(13)24-3;1-2/h4-10,12,21H,11H2,1-3H3;1-2H3. The van der Waals surface area contributed by atoms with E-state index in [1.807, 2.05) is 19.9 Å². The molecule has 0 saturated carbocycles. The van der Waals surface area contributed by atoms with E-state index in [-0.39, 0.29) is 18.2 Å². The van der Waals surface area contributed by atoms with Crippen molar-refractivity contribution in [2.45, 2.75) is 32.7 Å². The SMILES string of the molecule is CC.COc1ccc(CN(C(=O)C(C)Cl)c2cccc(O)c2)c(OC)c1. The molecular weight excluding hydrogens is 354 g/mol. The summed E-state index contributed by atoms with van der Waals surface area (Å²) in [7, 11) is 3.13. The molecule has 0 aliphatic heterocycles. The predicted molar refractivity (Wildman–Crippen MR) is 106 cm³/mol. The van der Waals surface area contributed by atoms with Crippen LogP contribution in [0.15, 0.2) is 42.5 Å². The number of halogens is 1. The Morgan fingerprint density at radius 2 is 1.85 bits per heavy atom. The maximum absolute atomic E-state index is 12.5. The molecule has 0 aliphatic carbocycles. The first-order chi connectivity index (χ1) is 12.5. The molecule has 5 nitrogen and oxygen atoms in total. The lowest BCUT2D eigenvalue weighted by molar-refractivity contribution is -0.118. The highest BCUT2D eigenvalue weighted by molar-refractivity contribution is 6.32. The number of hydrogen-bond donors (Lipinski definition) is 1. The third-order valence-corrected chi connectivity index (χ3v) is 3.76. The number of carbonyl (C=O) groups excluding carboxylic acids is 1. The van der Waals surface area contributed by atoms with Gasteiger partial charge in [-0.1, -0.05) is 19.9 Å². The van der Waals surface area contributed by atoms with Gasteiger partial charge in [0.05, 0.1) is 20.8 Å². The van der Waals surface area contributed by atoms with Crippen LogP contribution in [0.5, 0.6) is 17.2 Å². The Labute approximate surface area is 160 Å². The summed E-state index contributed by atoms with van der Waals surface area (Å²) in [5.41, 5.74) is 1.36. The Hall–Kier alpha value is -2.40. The van der Waals surface area contributed by atoms with Crippen LogP contribution in [0.25, 0.3) is 0 Å². The Morgan fingerprint density at radius 3 is 2.38 bits per heavy atom. The summed E-state index contributed by atoms with van der Waals surface area (Å²) in [6.07, 6.45) is 0. The maximum Gasteiger partial charge on any atom is 0.245 e. The molecule has 2 rings (SSSR count). The lowest BCUT2D eigenvalue weighted by atomic mass is 10.1. The zero-order chi connectivity index (χ0) is 19.7. The first-order valence-electron chi connectivity index (χ1n) is 8.41. The van der Waals surface area contributed by atoms with Gasteiger partial charge in [0.15, 0.2) is 0 Å². The maximum atomic E-state index is 12.5. The van der Waals surface area contributed by atoms with Crippen LogP contribution in [0, 0.1) is 0 Å². The van der Waals surface area contributed by atoms with Gasteiger partial charge in [0.1, 0.15) is 22.6 Å². The quantitative estimate of drug-likeness (QED) is 0.745. The zero-order valence-electron chi connectivity index (χ0n) is 15.8. The summed E-state index contributed by atoms with van der Waals surface area (Å²) in [6.45, 7) is 5.87. The molecule has 1 atom stereocenters. The Morgan fingerprint density at radius 1 is 1.15 bits per heavy atom. The summed E-state index contributed by atoms with van der Waals surface area (Å²) in [5.74, 6) is 1.08. The fourth-order valence-corrected chi connectivity index (χ4v) is 2.44. The van der Waals surface area contributed by atoms with Crippen molar-refractivity contribution in [1.82, 2.24) is 0 Å². The monoisotopic (exact) mass is 379 g/mol. The summed E-state index contributed by atoms with van der Waals surface area (Å²) in [4.78, 5) is 14.0. The molecule has 0 aliphatic rings. The van der Waals surface area contributed by atoms with Crippen molar-refractivity contribution in [2.24, 2.45) is 0 Å². The average Bonchev–Trinajstić information content (AvgIpc) is 2.67. The molecule has 1 unspecified atom stereocenters. The zero-order valence-corrected chi connectivity index (χ0v) is 16.6. The van der Waals surface area contributed by atoms with Crippen LogP contribution in [0.2, 0.25) is 0 Å². The summed E-state index contributed by atoms with van der Waals surface area (Å²) >= 11 is 6.00. The number of carbonyl (C=O) groups is 1. The van der Waals surface area contributed by atoms with Gasteiger partial charge in [-0.05, 0) is 31.2 Å². The van der Waals surface area contributed by atoms with Crippen LogP contribution >= 0.6 is 11.6 Å². The van der Waals surface area contributed by atoms with E-state index in [1.54, 1.807) is 51.5 Å². The number of phenols is 1. The number of ether oxygens (including phenoxy) is 2. The Balaban J connectivity index is 0.00000163. The minimum atomic E-state index is -0.698. The smallest absolute Gasteiger partial charge is 0.245 e. The number of amides is 1. The molecule has 0 bridgehead atoms. The number of phenolic OH excluding ortho intramolecular Hbond substituents is 1. The average molecular weight is 380 g/mol. The Kier molecular flexibility index (Phi) is 8.79. The van der Waals surface area contributed by atoms with Gasteiger partial charge in [-0.25, -0.2) is 0 Å². The van der Waals surface area contributed by atoms with Gasteiger partial charge in [-0.15, -0.1) is 11.6 Å². The fourth-order valence-electron chi connectivity index (χ4n) is 2.32. The topological polar surface area (TPSA) is 59.0 Å². The van der Waals surface area contributed by atoms with Gasteiger partial charge < -0.3 is 19.5 Å². The van der Waals surface area contributed by atoms with Gasteiger partial charge in [0, 0.05) is 23.4 Å². The number of hydrogen-bond acceptors (Lipinski definition) is 4. The second kappa shape index (κ2) is 10.6. The minimum absolute atomic E-state index is 0.0780. The van der Waals surface area contributed by atoms with Crippen molar-refractivity contribution in [3.8, 4) is 17.2 Å². The molecule has 0 radical (unpaired) electrons. The van der Waals surface area contributed by atoms with Crippen LogP contribution in [0.3, 0.4) is 0 Å². The molecule has 1 amide bonds.